The maximum Gasteiger partial charge on any atom is 0.211 e. The number of hydrogen-bond acceptors (Lipinski definition) is 4. The molecule has 0 radical (unpaired) electrons. The summed E-state index contributed by atoms with van der Waals surface area (Å²) in [7, 11) is -2.99. The minimum absolute atomic E-state index is 0.660. The van der Waals surface area contributed by atoms with E-state index < -0.39 is 10.0 Å². The lowest BCUT2D eigenvalue weighted by atomic mass is 10.0. The van der Waals surface area contributed by atoms with Gasteiger partial charge in [0, 0.05) is 32.2 Å². The van der Waals surface area contributed by atoms with Gasteiger partial charge in [0.2, 0.25) is 10.0 Å². The monoisotopic (exact) mass is 275 g/mol. The van der Waals surface area contributed by atoms with E-state index in [1.807, 2.05) is 0 Å². The molecule has 0 amide bonds. The van der Waals surface area contributed by atoms with Gasteiger partial charge in [-0.2, -0.15) is 4.31 Å². The average molecular weight is 275 g/mol. The van der Waals surface area contributed by atoms with Crippen LogP contribution < -0.4 is 0 Å². The van der Waals surface area contributed by atoms with Crippen LogP contribution in [0.4, 0.5) is 0 Å². The summed E-state index contributed by atoms with van der Waals surface area (Å²) in [4.78, 5) is 4.97. The highest BCUT2D eigenvalue weighted by Gasteiger charge is 2.29. The Morgan fingerprint density at radius 1 is 1.00 bits per heavy atom. The third-order valence-electron chi connectivity index (χ3n) is 4.26. The van der Waals surface area contributed by atoms with E-state index in [0.29, 0.717) is 19.1 Å². The van der Waals surface area contributed by atoms with E-state index in [1.54, 1.807) is 4.31 Å². The topological polar surface area (TPSA) is 43.9 Å². The Morgan fingerprint density at radius 2 is 1.56 bits per heavy atom. The molecule has 0 bridgehead atoms. The molecule has 0 aliphatic carbocycles. The van der Waals surface area contributed by atoms with Gasteiger partial charge < -0.3 is 4.90 Å². The molecule has 2 rings (SSSR count). The highest BCUT2D eigenvalue weighted by molar-refractivity contribution is 7.88. The molecule has 0 unspecified atom stereocenters. The summed E-state index contributed by atoms with van der Waals surface area (Å²) in [5, 5.41) is 0. The predicted molar refractivity (Wildman–Crippen MR) is 73.1 cm³/mol. The van der Waals surface area contributed by atoms with Gasteiger partial charge in [-0.05, 0) is 32.5 Å². The SMILES string of the molecule is CCN1CCC(N2CCN(S(C)(=O)=O)CC2)CC1. The van der Waals surface area contributed by atoms with Crippen LogP contribution in [0.1, 0.15) is 19.8 Å². The number of likely N-dealkylation sites (tertiary alicyclic amines) is 1. The Labute approximate surface area is 111 Å². The van der Waals surface area contributed by atoms with E-state index in [-0.39, 0.29) is 0 Å². The van der Waals surface area contributed by atoms with Gasteiger partial charge in [-0.15, -0.1) is 0 Å². The maximum atomic E-state index is 11.5. The molecule has 0 atom stereocenters. The normalized spacial score (nSPS) is 26.6. The minimum Gasteiger partial charge on any atom is -0.303 e. The first-order valence-electron chi connectivity index (χ1n) is 6.92. The van der Waals surface area contributed by atoms with Crippen molar-refractivity contribution in [3.05, 3.63) is 0 Å². The molecule has 0 spiro atoms. The average Bonchev–Trinajstić information content (AvgIpc) is 2.38. The van der Waals surface area contributed by atoms with Crippen molar-refractivity contribution in [1.29, 1.82) is 0 Å². The Morgan fingerprint density at radius 3 is 2.00 bits per heavy atom. The first-order chi connectivity index (χ1) is 8.50. The molecule has 18 heavy (non-hydrogen) atoms. The molecule has 0 N–H and O–H groups in total. The van der Waals surface area contributed by atoms with Gasteiger partial charge in [-0.3, -0.25) is 4.90 Å². The molecule has 0 aromatic heterocycles. The van der Waals surface area contributed by atoms with Crippen molar-refractivity contribution in [1.82, 2.24) is 14.1 Å². The molecule has 0 aromatic carbocycles. The highest BCUT2D eigenvalue weighted by Crippen LogP contribution is 2.18. The molecule has 2 heterocycles. The zero-order chi connectivity index (χ0) is 13.2. The summed E-state index contributed by atoms with van der Waals surface area (Å²) < 4.78 is 24.5. The van der Waals surface area contributed by atoms with Gasteiger partial charge in [0.1, 0.15) is 0 Å². The fraction of sp³-hybridized carbons (Fsp3) is 1.00. The molecule has 0 aromatic rings. The van der Waals surface area contributed by atoms with Crippen LogP contribution in [-0.4, -0.2) is 80.6 Å². The molecule has 2 aliphatic rings. The van der Waals surface area contributed by atoms with E-state index in [4.69, 9.17) is 0 Å². The molecule has 2 fully saturated rings. The second-order valence-electron chi connectivity index (χ2n) is 5.36. The summed E-state index contributed by atoms with van der Waals surface area (Å²) in [5.41, 5.74) is 0. The molecular formula is C12H25N3O2S. The number of nitrogens with zero attached hydrogens (tertiary/aromatic N) is 3. The van der Waals surface area contributed by atoms with Crippen LogP contribution in [-0.2, 0) is 10.0 Å². The summed E-state index contributed by atoms with van der Waals surface area (Å²) in [6.45, 7) is 8.84. The Kier molecular flexibility index (Phi) is 4.64. The van der Waals surface area contributed by atoms with Crippen molar-refractivity contribution in [2.75, 3.05) is 52.1 Å². The molecule has 5 nitrogen and oxygen atoms in total. The van der Waals surface area contributed by atoms with Gasteiger partial charge in [0.15, 0.2) is 0 Å². The van der Waals surface area contributed by atoms with E-state index >= 15 is 0 Å². The van der Waals surface area contributed by atoms with Crippen molar-refractivity contribution in [3.8, 4) is 0 Å². The highest BCUT2D eigenvalue weighted by atomic mass is 32.2. The number of piperidine rings is 1. The lowest BCUT2D eigenvalue weighted by Crippen LogP contribution is -2.54. The smallest absolute Gasteiger partial charge is 0.211 e. The van der Waals surface area contributed by atoms with E-state index in [2.05, 4.69) is 16.7 Å². The lowest BCUT2D eigenvalue weighted by molar-refractivity contribution is 0.0831. The van der Waals surface area contributed by atoms with Crippen LogP contribution in [0.25, 0.3) is 0 Å². The van der Waals surface area contributed by atoms with Crippen LogP contribution in [0.2, 0.25) is 0 Å². The number of hydrogen-bond donors (Lipinski definition) is 0. The standard InChI is InChI=1S/C12H25N3O2S/c1-3-13-6-4-12(5-7-13)14-8-10-15(11-9-14)18(2,16)17/h12H,3-11H2,1-2H3. The predicted octanol–water partition coefficient (Wildman–Crippen LogP) is 0.0479. The summed E-state index contributed by atoms with van der Waals surface area (Å²) in [5.74, 6) is 0. The molecular weight excluding hydrogens is 250 g/mol. The zero-order valence-electron chi connectivity index (χ0n) is 11.5. The summed E-state index contributed by atoms with van der Waals surface area (Å²) in [6, 6.07) is 0.662. The Hall–Kier alpha value is -0.170. The molecule has 0 saturated carbocycles. The number of piperazine rings is 1. The van der Waals surface area contributed by atoms with Gasteiger partial charge >= 0.3 is 0 Å². The second kappa shape index (κ2) is 5.86. The quantitative estimate of drug-likeness (QED) is 0.730. The zero-order valence-corrected chi connectivity index (χ0v) is 12.3. The third kappa shape index (κ3) is 3.44. The van der Waals surface area contributed by atoms with Gasteiger partial charge in [-0.1, -0.05) is 6.92 Å². The molecule has 2 aliphatic heterocycles. The van der Waals surface area contributed by atoms with Crippen LogP contribution in [0, 0.1) is 0 Å². The summed E-state index contributed by atoms with van der Waals surface area (Å²) >= 11 is 0. The number of rotatable bonds is 3. The largest absolute Gasteiger partial charge is 0.303 e. The Balaban J connectivity index is 1.80. The van der Waals surface area contributed by atoms with Crippen molar-refractivity contribution in [2.24, 2.45) is 0 Å². The van der Waals surface area contributed by atoms with Crippen molar-refractivity contribution < 1.29 is 8.42 Å². The fourth-order valence-corrected chi connectivity index (χ4v) is 3.83. The molecule has 6 heteroatoms. The molecule has 106 valence electrons. The fourth-order valence-electron chi connectivity index (χ4n) is 3.00. The molecule has 2 saturated heterocycles. The van der Waals surface area contributed by atoms with E-state index in [0.717, 1.165) is 19.6 Å². The Bertz CT molecular complexity index is 356. The van der Waals surface area contributed by atoms with Gasteiger partial charge in [-0.25, -0.2) is 8.42 Å². The van der Waals surface area contributed by atoms with Gasteiger partial charge in [0.05, 0.1) is 6.26 Å². The van der Waals surface area contributed by atoms with Crippen molar-refractivity contribution in [2.45, 2.75) is 25.8 Å². The van der Waals surface area contributed by atoms with Crippen LogP contribution >= 0.6 is 0 Å². The van der Waals surface area contributed by atoms with Crippen LogP contribution in [0.3, 0.4) is 0 Å². The van der Waals surface area contributed by atoms with Crippen molar-refractivity contribution >= 4 is 10.0 Å². The number of sulfonamides is 1. The second-order valence-corrected chi connectivity index (χ2v) is 7.35. The van der Waals surface area contributed by atoms with E-state index in [1.165, 1.54) is 32.2 Å². The summed E-state index contributed by atoms with van der Waals surface area (Å²) in [6.07, 6.45) is 3.77. The van der Waals surface area contributed by atoms with Crippen LogP contribution in [0.15, 0.2) is 0 Å². The maximum absolute atomic E-state index is 11.5. The third-order valence-corrected chi connectivity index (χ3v) is 5.57. The minimum atomic E-state index is -2.99. The first kappa shape index (κ1) is 14.2. The van der Waals surface area contributed by atoms with E-state index in [9.17, 15) is 8.42 Å². The lowest BCUT2D eigenvalue weighted by Gasteiger charge is -2.42. The van der Waals surface area contributed by atoms with Gasteiger partial charge in [0.25, 0.3) is 0 Å². The van der Waals surface area contributed by atoms with Crippen molar-refractivity contribution in [3.63, 3.8) is 0 Å². The first-order valence-corrected chi connectivity index (χ1v) is 8.77. The van der Waals surface area contributed by atoms with Crippen LogP contribution in [0.5, 0.6) is 0 Å².